The van der Waals surface area contributed by atoms with Gasteiger partial charge in [-0.1, -0.05) is 19.9 Å². The van der Waals surface area contributed by atoms with Gasteiger partial charge in [0.2, 0.25) is 0 Å². The largest absolute Gasteiger partial charge is 0.495 e. The van der Waals surface area contributed by atoms with Crippen molar-refractivity contribution in [2.45, 2.75) is 19.9 Å². The third kappa shape index (κ3) is 3.38. The first-order valence-electron chi connectivity index (χ1n) is 5.96. The Balaban J connectivity index is 3.04. The molecule has 1 atom stereocenters. The maximum atomic E-state index is 9.14. The van der Waals surface area contributed by atoms with Gasteiger partial charge in [0.1, 0.15) is 11.8 Å². The molecule has 0 saturated carbocycles. The lowest BCUT2D eigenvalue weighted by atomic mass is 10.0. The summed E-state index contributed by atoms with van der Waals surface area (Å²) in [4.78, 5) is 0. The Morgan fingerprint density at radius 1 is 1.33 bits per heavy atom. The van der Waals surface area contributed by atoms with Gasteiger partial charge in [0.25, 0.3) is 0 Å². The second-order valence-corrected chi connectivity index (χ2v) is 4.44. The van der Waals surface area contributed by atoms with Crippen LogP contribution in [0.5, 0.6) is 5.75 Å². The monoisotopic (exact) mass is 248 g/mol. The van der Waals surface area contributed by atoms with E-state index in [1.54, 1.807) is 20.3 Å². The van der Waals surface area contributed by atoms with Crippen LogP contribution in [0, 0.1) is 17.2 Å². The fourth-order valence-corrected chi connectivity index (χ4v) is 1.71. The van der Waals surface area contributed by atoms with Gasteiger partial charge in [0.15, 0.2) is 0 Å². The Bertz CT molecular complexity index is 424. The highest BCUT2D eigenvalue weighted by Crippen LogP contribution is 2.29. The average molecular weight is 248 g/mol. The molecule has 0 aliphatic carbocycles. The van der Waals surface area contributed by atoms with Crippen LogP contribution in [0.15, 0.2) is 18.2 Å². The van der Waals surface area contributed by atoms with Crippen LogP contribution in [0.1, 0.15) is 19.4 Å². The van der Waals surface area contributed by atoms with Crippen molar-refractivity contribution in [2.24, 2.45) is 5.92 Å². The van der Waals surface area contributed by atoms with Gasteiger partial charge < -0.3 is 14.8 Å². The zero-order valence-electron chi connectivity index (χ0n) is 11.4. The van der Waals surface area contributed by atoms with Crippen LogP contribution in [0.4, 0.5) is 5.69 Å². The van der Waals surface area contributed by atoms with E-state index in [2.05, 4.69) is 25.2 Å². The van der Waals surface area contributed by atoms with Gasteiger partial charge in [0, 0.05) is 7.11 Å². The summed E-state index contributed by atoms with van der Waals surface area (Å²) in [5.74, 6) is 1.07. The second-order valence-electron chi connectivity index (χ2n) is 4.44. The molecule has 0 heterocycles. The molecule has 0 spiro atoms. The summed E-state index contributed by atoms with van der Waals surface area (Å²) in [6, 6.07) is 7.73. The first-order chi connectivity index (χ1) is 8.63. The van der Waals surface area contributed by atoms with E-state index in [1.807, 2.05) is 12.1 Å². The molecule has 4 heteroatoms. The molecule has 98 valence electrons. The predicted octanol–water partition coefficient (Wildman–Crippen LogP) is 2.65. The first-order valence-corrected chi connectivity index (χ1v) is 5.96. The quantitative estimate of drug-likeness (QED) is 0.841. The minimum Gasteiger partial charge on any atom is -0.495 e. The number of methoxy groups -OCH3 is 2. The zero-order chi connectivity index (χ0) is 13.5. The Hall–Kier alpha value is -1.73. The molecule has 1 rings (SSSR count). The van der Waals surface area contributed by atoms with Gasteiger partial charge in [-0.3, -0.25) is 0 Å². The molecular formula is C14H20N2O2. The van der Waals surface area contributed by atoms with Gasteiger partial charge in [-0.2, -0.15) is 5.26 Å². The van der Waals surface area contributed by atoms with Crippen molar-refractivity contribution in [1.82, 2.24) is 0 Å². The normalized spacial score (nSPS) is 12.0. The van der Waals surface area contributed by atoms with Crippen LogP contribution in [-0.2, 0) is 4.74 Å². The van der Waals surface area contributed by atoms with E-state index in [1.165, 1.54) is 0 Å². The molecule has 0 saturated heterocycles. The molecule has 0 fully saturated rings. The lowest BCUT2D eigenvalue weighted by Crippen LogP contribution is -2.31. The van der Waals surface area contributed by atoms with E-state index in [0.29, 0.717) is 23.8 Å². The summed E-state index contributed by atoms with van der Waals surface area (Å²) in [6.45, 7) is 4.80. The highest BCUT2D eigenvalue weighted by atomic mass is 16.5. The third-order valence-electron chi connectivity index (χ3n) is 2.85. The first kappa shape index (κ1) is 14.3. The lowest BCUT2D eigenvalue weighted by molar-refractivity contribution is 0.171. The maximum absolute atomic E-state index is 9.14. The number of nitrogens with zero attached hydrogens (tertiary/aromatic N) is 1. The van der Waals surface area contributed by atoms with E-state index in [9.17, 15) is 0 Å². The predicted molar refractivity (Wildman–Crippen MR) is 71.8 cm³/mol. The Labute approximate surface area is 109 Å². The molecule has 0 bridgehead atoms. The van der Waals surface area contributed by atoms with Crippen molar-refractivity contribution in [1.29, 1.82) is 5.26 Å². The van der Waals surface area contributed by atoms with Crippen molar-refractivity contribution < 1.29 is 9.47 Å². The van der Waals surface area contributed by atoms with E-state index >= 15 is 0 Å². The van der Waals surface area contributed by atoms with E-state index in [0.717, 1.165) is 5.69 Å². The molecule has 1 aromatic carbocycles. The average Bonchev–Trinajstić information content (AvgIpc) is 2.38. The Morgan fingerprint density at radius 3 is 2.56 bits per heavy atom. The molecule has 0 aromatic heterocycles. The molecule has 0 aliphatic heterocycles. The molecular weight excluding hydrogens is 228 g/mol. The van der Waals surface area contributed by atoms with Crippen LogP contribution in [0.25, 0.3) is 0 Å². The molecule has 4 nitrogen and oxygen atoms in total. The van der Waals surface area contributed by atoms with Crippen LogP contribution in [-0.4, -0.2) is 26.9 Å². The summed E-state index contributed by atoms with van der Waals surface area (Å²) < 4.78 is 10.5. The maximum Gasteiger partial charge on any atom is 0.143 e. The SMILES string of the molecule is COCC(Nc1c(C#N)cccc1OC)C(C)C. The number of benzene rings is 1. The van der Waals surface area contributed by atoms with Gasteiger partial charge in [0.05, 0.1) is 31.0 Å². The number of para-hydroxylation sites is 1. The van der Waals surface area contributed by atoms with Gasteiger partial charge >= 0.3 is 0 Å². The minimum absolute atomic E-state index is 0.137. The van der Waals surface area contributed by atoms with Crippen molar-refractivity contribution >= 4 is 5.69 Å². The number of nitrogens with one attached hydrogen (secondary N) is 1. The topological polar surface area (TPSA) is 54.3 Å². The Morgan fingerprint density at radius 2 is 2.06 bits per heavy atom. The van der Waals surface area contributed by atoms with Crippen molar-refractivity contribution in [3.05, 3.63) is 23.8 Å². The van der Waals surface area contributed by atoms with Crippen molar-refractivity contribution in [3.63, 3.8) is 0 Å². The van der Waals surface area contributed by atoms with Crippen LogP contribution in [0.2, 0.25) is 0 Å². The molecule has 1 unspecified atom stereocenters. The van der Waals surface area contributed by atoms with Gasteiger partial charge in [-0.05, 0) is 18.1 Å². The summed E-state index contributed by atoms with van der Waals surface area (Å²) in [5, 5.41) is 12.5. The summed E-state index contributed by atoms with van der Waals surface area (Å²) >= 11 is 0. The van der Waals surface area contributed by atoms with E-state index in [-0.39, 0.29) is 6.04 Å². The van der Waals surface area contributed by atoms with Crippen molar-refractivity contribution in [2.75, 3.05) is 26.1 Å². The highest BCUT2D eigenvalue weighted by molar-refractivity contribution is 5.66. The Kier molecular flexibility index (Phi) is 5.47. The van der Waals surface area contributed by atoms with Crippen LogP contribution >= 0.6 is 0 Å². The number of anilines is 1. The van der Waals surface area contributed by atoms with E-state index in [4.69, 9.17) is 14.7 Å². The molecule has 0 amide bonds. The molecule has 0 aliphatic rings. The van der Waals surface area contributed by atoms with Gasteiger partial charge in [-0.15, -0.1) is 0 Å². The molecule has 0 radical (unpaired) electrons. The number of nitriles is 1. The number of ether oxygens (including phenoxy) is 2. The second kappa shape index (κ2) is 6.87. The van der Waals surface area contributed by atoms with Crippen LogP contribution < -0.4 is 10.1 Å². The third-order valence-corrected chi connectivity index (χ3v) is 2.85. The molecule has 1 N–H and O–H groups in total. The summed E-state index contributed by atoms with van der Waals surface area (Å²) in [6.07, 6.45) is 0. The fraction of sp³-hybridized carbons (Fsp3) is 0.500. The zero-order valence-corrected chi connectivity index (χ0v) is 11.4. The highest BCUT2D eigenvalue weighted by Gasteiger charge is 2.17. The minimum atomic E-state index is 0.137. The molecule has 18 heavy (non-hydrogen) atoms. The van der Waals surface area contributed by atoms with E-state index < -0.39 is 0 Å². The number of hydrogen-bond donors (Lipinski definition) is 1. The summed E-state index contributed by atoms with van der Waals surface area (Å²) in [5.41, 5.74) is 1.31. The van der Waals surface area contributed by atoms with Crippen LogP contribution in [0.3, 0.4) is 0 Å². The fourth-order valence-electron chi connectivity index (χ4n) is 1.71. The number of rotatable bonds is 6. The summed E-state index contributed by atoms with van der Waals surface area (Å²) in [7, 11) is 3.27. The molecule has 1 aromatic rings. The lowest BCUT2D eigenvalue weighted by Gasteiger charge is -2.24. The van der Waals surface area contributed by atoms with Gasteiger partial charge in [-0.25, -0.2) is 0 Å². The number of hydrogen-bond acceptors (Lipinski definition) is 4. The van der Waals surface area contributed by atoms with Crippen molar-refractivity contribution in [3.8, 4) is 11.8 Å². The standard InChI is InChI=1S/C14H20N2O2/c1-10(2)12(9-17-3)16-14-11(8-15)6-5-7-13(14)18-4/h5-7,10,12,16H,9H2,1-4H3. The smallest absolute Gasteiger partial charge is 0.143 e.